The van der Waals surface area contributed by atoms with Gasteiger partial charge < -0.3 is 9.94 Å². The molecule has 0 atom stereocenters. The van der Waals surface area contributed by atoms with E-state index in [0.29, 0.717) is 16.0 Å². The monoisotopic (exact) mass is 493 g/mol. The van der Waals surface area contributed by atoms with Crippen molar-refractivity contribution in [1.82, 2.24) is 4.90 Å². The molecular weight excluding hydrogens is 466 g/mol. The summed E-state index contributed by atoms with van der Waals surface area (Å²) in [5, 5.41) is 11.3. The number of likely N-dealkylation sites (tertiary alicyclic amines) is 1. The molecule has 1 aromatic heterocycles. The Balaban J connectivity index is 1.76. The Labute approximate surface area is 205 Å². The van der Waals surface area contributed by atoms with Crippen LogP contribution in [0.15, 0.2) is 78.0 Å². The molecule has 0 aliphatic carbocycles. The van der Waals surface area contributed by atoms with Crippen LogP contribution in [0.5, 0.6) is 5.75 Å². The third-order valence-electron chi connectivity index (χ3n) is 5.82. The van der Waals surface area contributed by atoms with Gasteiger partial charge in [-0.2, -0.15) is 4.73 Å². The molecule has 8 nitrogen and oxygen atoms in total. The third-order valence-corrected chi connectivity index (χ3v) is 7.57. The smallest absolute Gasteiger partial charge is 0.270 e. The van der Waals surface area contributed by atoms with Gasteiger partial charge in [-0.3, -0.25) is 9.69 Å². The highest BCUT2D eigenvalue weighted by atomic mass is 32.2. The predicted octanol–water partition coefficient (Wildman–Crippen LogP) is 3.32. The van der Waals surface area contributed by atoms with Crippen LogP contribution in [0.4, 0.5) is 5.69 Å². The van der Waals surface area contributed by atoms with E-state index in [2.05, 4.69) is 0 Å². The van der Waals surface area contributed by atoms with Gasteiger partial charge >= 0.3 is 0 Å². The van der Waals surface area contributed by atoms with Crippen molar-refractivity contribution in [3.8, 4) is 5.75 Å². The van der Waals surface area contributed by atoms with Crippen LogP contribution in [0, 0.1) is 5.21 Å². The Morgan fingerprint density at radius 1 is 1.03 bits per heavy atom. The van der Waals surface area contributed by atoms with E-state index in [1.165, 1.54) is 31.6 Å². The van der Waals surface area contributed by atoms with Crippen molar-refractivity contribution in [2.45, 2.75) is 17.7 Å². The number of hydrogen-bond acceptors (Lipinski definition) is 6. The van der Waals surface area contributed by atoms with Crippen LogP contribution in [0.3, 0.4) is 0 Å². The molecule has 1 aliphatic heterocycles. The fourth-order valence-corrected chi connectivity index (χ4v) is 5.42. The van der Waals surface area contributed by atoms with Gasteiger partial charge in [0.1, 0.15) is 5.75 Å². The first-order chi connectivity index (χ1) is 16.9. The van der Waals surface area contributed by atoms with Gasteiger partial charge in [-0.05, 0) is 67.4 Å². The molecule has 35 heavy (non-hydrogen) atoms. The number of para-hydroxylation sites is 1. The molecule has 9 heteroatoms. The molecule has 1 amide bonds. The van der Waals surface area contributed by atoms with Gasteiger partial charge in [-0.1, -0.05) is 30.4 Å². The van der Waals surface area contributed by atoms with Crippen LogP contribution in [-0.2, 0) is 14.8 Å². The van der Waals surface area contributed by atoms with E-state index < -0.39 is 15.9 Å². The number of pyridine rings is 1. The molecule has 1 fully saturated rings. The maximum Gasteiger partial charge on any atom is 0.270 e. The molecule has 2 heterocycles. The van der Waals surface area contributed by atoms with Crippen molar-refractivity contribution in [1.29, 1.82) is 0 Å². The minimum atomic E-state index is -4.21. The Hall–Kier alpha value is -3.69. The Bertz CT molecular complexity index is 1300. The lowest BCUT2D eigenvalue weighted by molar-refractivity contribution is -0.605. The number of carbonyl (C=O) groups is 1. The molecule has 4 rings (SSSR count). The zero-order chi connectivity index (χ0) is 24.8. The van der Waals surface area contributed by atoms with Gasteiger partial charge in [0.2, 0.25) is 0 Å². The second kappa shape index (κ2) is 10.7. The Morgan fingerprint density at radius 2 is 1.69 bits per heavy atom. The number of hydrogen-bond donors (Lipinski definition) is 0. The van der Waals surface area contributed by atoms with Crippen molar-refractivity contribution >= 4 is 33.8 Å². The lowest BCUT2D eigenvalue weighted by atomic mass is 10.1. The summed E-state index contributed by atoms with van der Waals surface area (Å²) in [6.45, 7) is 1.53. The van der Waals surface area contributed by atoms with E-state index in [-0.39, 0.29) is 17.1 Å². The van der Waals surface area contributed by atoms with E-state index in [9.17, 15) is 18.4 Å². The van der Waals surface area contributed by atoms with Crippen LogP contribution in [0.2, 0.25) is 0 Å². The zero-order valence-electron chi connectivity index (χ0n) is 19.4. The summed E-state index contributed by atoms with van der Waals surface area (Å²) in [7, 11) is -2.71. The highest BCUT2D eigenvalue weighted by molar-refractivity contribution is 7.93. The first-order valence-electron chi connectivity index (χ1n) is 11.3. The van der Waals surface area contributed by atoms with Crippen molar-refractivity contribution < 1.29 is 22.7 Å². The van der Waals surface area contributed by atoms with Crippen molar-refractivity contribution in [2.24, 2.45) is 0 Å². The summed E-state index contributed by atoms with van der Waals surface area (Å²) in [6.07, 6.45) is 8.23. The van der Waals surface area contributed by atoms with Crippen molar-refractivity contribution in [3.63, 3.8) is 0 Å². The lowest BCUT2D eigenvalue weighted by Gasteiger charge is -2.26. The first kappa shape index (κ1) is 24.4. The largest absolute Gasteiger partial charge is 0.619 e. The summed E-state index contributed by atoms with van der Waals surface area (Å²) in [5.74, 6) is 0.000152. The number of ether oxygens (including phenoxy) is 1. The molecule has 1 saturated heterocycles. The van der Waals surface area contributed by atoms with Crippen LogP contribution >= 0.6 is 0 Å². The quantitative estimate of drug-likeness (QED) is 0.353. The Kier molecular flexibility index (Phi) is 7.48. The highest BCUT2D eigenvalue weighted by Crippen LogP contribution is 2.30. The summed E-state index contributed by atoms with van der Waals surface area (Å²) in [6, 6.07) is 16.1. The second-order valence-corrected chi connectivity index (χ2v) is 9.99. The maximum atomic E-state index is 13.8. The van der Waals surface area contributed by atoms with E-state index in [4.69, 9.17) is 4.74 Å². The maximum absolute atomic E-state index is 13.8. The molecule has 0 saturated carbocycles. The molecule has 0 spiro atoms. The van der Waals surface area contributed by atoms with Crippen LogP contribution in [0.1, 0.15) is 24.0 Å². The number of aromatic nitrogens is 1. The fraction of sp³-hybridized carbons (Fsp3) is 0.231. The van der Waals surface area contributed by atoms with Gasteiger partial charge in [-0.15, -0.1) is 0 Å². The third kappa shape index (κ3) is 5.70. The van der Waals surface area contributed by atoms with Crippen LogP contribution in [0.25, 0.3) is 12.2 Å². The van der Waals surface area contributed by atoms with Gasteiger partial charge in [0.25, 0.3) is 15.9 Å². The normalized spacial score (nSPS) is 14.3. The molecule has 1 aliphatic rings. The minimum absolute atomic E-state index is 0.00471. The first-order valence-corrected chi connectivity index (χ1v) is 12.7. The Morgan fingerprint density at radius 3 is 2.34 bits per heavy atom. The zero-order valence-corrected chi connectivity index (χ0v) is 20.2. The van der Waals surface area contributed by atoms with E-state index >= 15 is 0 Å². The molecule has 0 bridgehead atoms. The summed E-state index contributed by atoms with van der Waals surface area (Å²) < 4.78 is 34.3. The number of rotatable bonds is 8. The standard InChI is InChI=1S/C26H27N3O5S/c1-34-23-10-12-24(13-11-23)35(32,33)29(26(30)20-27-16-4-5-17-27)25-7-3-2-6-22(25)9-8-21-14-18-28(31)19-15-21/h2-3,6-15,18-19H,4-5,16-17,20H2,1H3. The average Bonchev–Trinajstić information content (AvgIpc) is 3.37. The summed E-state index contributed by atoms with van der Waals surface area (Å²) in [4.78, 5) is 15.5. The molecule has 2 aromatic carbocycles. The topological polar surface area (TPSA) is 93.9 Å². The van der Waals surface area contributed by atoms with E-state index in [1.807, 2.05) is 4.90 Å². The number of sulfonamides is 1. The molecule has 3 aromatic rings. The van der Waals surface area contributed by atoms with Gasteiger partial charge in [-0.25, -0.2) is 12.7 Å². The minimum Gasteiger partial charge on any atom is -0.619 e. The SMILES string of the molecule is COc1ccc(S(=O)(=O)N(C(=O)CN2CCCC2)c2ccccc2C=Cc2cc[n+]([O-])cc2)cc1. The summed E-state index contributed by atoms with van der Waals surface area (Å²) in [5.41, 5.74) is 1.58. The average molecular weight is 494 g/mol. The van der Waals surface area contributed by atoms with E-state index in [1.54, 1.807) is 60.7 Å². The second-order valence-electron chi connectivity index (χ2n) is 8.21. The van der Waals surface area contributed by atoms with Crippen LogP contribution < -0.4 is 13.8 Å². The molecular formula is C26H27N3O5S. The highest BCUT2D eigenvalue weighted by Gasteiger charge is 2.33. The molecule has 0 N–H and O–H groups in total. The van der Waals surface area contributed by atoms with Gasteiger partial charge in [0, 0.05) is 12.1 Å². The predicted molar refractivity (Wildman–Crippen MR) is 134 cm³/mol. The number of benzene rings is 2. The molecule has 0 radical (unpaired) electrons. The lowest BCUT2D eigenvalue weighted by Crippen LogP contribution is -2.43. The number of carbonyl (C=O) groups excluding carboxylic acids is 1. The van der Waals surface area contributed by atoms with Crippen molar-refractivity contribution in [3.05, 3.63) is 89.4 Å². The molecule has 182 valence electrons. The summed E-state index contributed by atoms with van der Waals surface area (Å²) >= 11 is 0. The van der Waals surface area contributed by atoms with Gasteiger partial charge in [0.15, 0.2) is 12.4 Å². The number of nitrogens with zero attached hydrogens (tertiary/aromatic N) is 3. The fourth-order valence-electron chi connectivity index (χ4n) is 3.98. The van der Waals surface area contributed by atoms with Gasteiger partial charge in [0.05, 0.1) is 24.2 Å². The number of amides is 1. The number of methoxy groups -OCH3 is 1. The van der Waals surface area contributed by atoms with E-state index in [0.717, 1.165) is 35.8 Å². The number of anilines is 1. The molecule has 0 unspecified atom stereocenters. The van der Waals surface area contributed by atoms with Crippen molar-refractivity contribution in [2.75, 3.05) is 31.0 Å². The van der Waals surface area contributed by atoms with Crippen LogP contribution in [-0.4, -0.2) is 46.0 Å².